The van der Waals surface area contributed by atoms with Crippen LogP contribution in [0.15, 0.2) is 82.6 Å². The van der Waals surface area contributed by atoms with Gasteiger partial charge in [0.15, 0.2) is 5.17 Å². The number of benzene rings is 2. The zero-order valence-electron chi connectivity index (χ0n) is 21.9. The molecule has 0 bridgehead atoms. The number of hydrogen-bond donors (Lipinski definition) is 3. The number of amides is 2. The van der Waals surface area contributed by atoms with Gasteiger partial charge in [-0.25, -0.2) is 0 Å². The summed E-state index contributed by atoms with van der Waals surface area (Å²) in [6, 6.07) is 16.8. The predicted molar refractivity (Wildman–Crippen MR) is 167 cm³/mol. The molecule has 0 spiro atoms. The van der Waals surface area contributed by atoms with Gasteiger partial charge >= 0.3 is 0 Å². The van der Waals surface area contributed by atoms with E-state index in [1.807, 2.05) is 54.6 Å². The Morgan fingerprint density at radius 3 is 2.78 bits per heavy atom. The fraction of sp³-hybridized carbons (Fsp3) is 0.214. The molecule has 2 aromatic carbocycles. The third kappa shape index (κ3) is 10.2. The van der Waals surface area contributed by atoms with Crippen molar-refractivity contribution in [3.8, 4) is 5.75 Å². The minimum Gasteiger partial charge on any atom is -0.465 e. The van der Waals surface area contributed by atoms with Crippen LogP contribution in [-0.4, -0.2) is 43.7 Å². The summed E-state index contributed by atoms with van der Waals surface area (Å²) in [5.74, 6) is 1.60. The Morgan fingerprint density at radius 2 is 1.93 bits per heavy atom. The molecule has 0 unspecified atom stereocenters. The number of rotatable bonds is 13. The highest BCUT2D eigenvalue weighted by atomic mass is 32.2. The van der Waals surface area contributed by atoms with E-state index in [-0.39, 0.29) is 23.9 Å². The van der Waals surface area contributed by atoms with Gasteiger partial charge in [-0.15, -0.1) is 10.2 Å². The second-order valence-electron chi connectivity index (χ2n) is 8.47. The van der Waals surface area contributed by atoms with E-state index in [1.54, 1.807) is 24.1 Å². The van der Waals surface area contributed by atoms with Gasteiger partial charge in [0.05, 0.1) is 30.4 Å². The largest absolute Gasteiger partial charge is 0.465 e. The summed E-state index contributed by atoms with van der Waals surface area (Å²) in [6.45, 7) is 0. The summed E-state index contributed by atoms with van der Waals surface area (Å²) < 4.78 is 10.9. The second-order valence-corrected chi connectivity index (χ2v) is 11.9. The van der Waals surface area contributed by atoms with Crippen molar-refractivity contribution in [2.45, 2.75) is 25.7 Å². The fourth-order valence-corrected chi connectivity index (χ4v) is 5.99. The molecule has 4 rings (SSSR count). The summed E-state index contributed by atoms with van der Waals surface area (Å²) in [4.78, 5) is 28.2. The van der Waals surface area contributed by atoms with Gasteiger partial charge in [0.2, 0.25) is 11.0 Å². The maximum absolute atomic E-state index is 12.5. The minimum atomic E-state index is -0.410. The Kier molecular flexibility index (Phi) is 11.5. The van der Waals surface area contributed by atoms with Gasteiger partial charge in [-0.3, -0.25) is 15.0 Å². The SMILES string of the molecule is N=C(CCSCCc1nnc(NC(=O)Cc2coc3ccccc23)s1)SC(N)=NC(=O)CC=COc1ccccc1. The average molecular weight is 609 g/mol. The molecule has 10 nitrogen and oxygen atoms in total. The van der Waals surface area contributed by atoms with E-state index in [4.69, 9.17) is 20.3 Å². The first kappa shape index (κ1) is 30.0. The van der Waals surface area contributed by atoms with Crippen LogP contribution in [0.3, 0.4) is 0 Å². The molecule has 0 atom stereocenters. The molecule has 4 N–H and O–H groups in total. The van der Waals surface area contributed by atoms with Crippen molar-refractivity contribution in [2.75, 3.05) is 16.8 Å². The molecule has 41 heavy (non-hydrogen) atoms. The fourth-order valence-electron chi connectivity index (χ4n) is 3.48. The van der Waals surface area contributed by atoms with Crippen LogP contribution in [0.2, 0.25) is 0 Å². The van der Waals surface area contributed by atoms with E-state index in [2.05, 4.69) is 20.5 Å². The lowest BCUT2D eigenvalue weighted by Crippen LogP contribution is -2.13. The quantitative estimate of drug-likeness (QED) is 0.0753. The summed E-state index contributed by atoms with van der Waals surface area (Å²) >= 11 is 4.00. The number of furan rings is 1. The molecule has 2 heterocycles. The van der Waals surface area contributed by atoms with Crippen LogP contribution < -0.4 is 15.8 Å². The van der Waals surface area contributed by atoms with Crippen molar-refractivity contribution < 1.29 is 18.7 Å². The van der Waals surface area contributed by atoms with E-state index in [0.29, 0.717) is 34.5 Å². The Hall–Kier alpha value is -3.94. The number of anilines is 1. The third-order valence-corrected chi connectivity index (χ3v) is 7.99. The highest BCUT2D eigenvalue weighted by Gasteiger charge is 2.13. The number of carbonyl (C=O) groups is 2. The van der Waals surface area contributed by atoms with Gasteiger partial charge in [-0.05, 0) is 47.5 Å². The lowest BCUT2D eigenvalue weighted by atomic mass is 10.1. The maximum atomic E-state index is 12.5. The van der Waals surface area contributed by atoms with Crippen molar-refractivity contribution in [3.05, 3.63) is 83.8 Å². The van der Waals surface area contributed by atoms with Crippen molar-refractivity contribution >= 4 is 73.0 Å². The van der Waals surface area contributed by atoms with Crippen molar-refractivity contribution in [1.82, 2.24) is 10.2 Å². The lowest BCUT2D eigenvalue weighted by Gasteiger charge is -2.03. The molecule has 0 saturated carbocycles. The first-order valence-corrected chi connectivity index (χ1v) is 15.4. The molecule has 0 saturated heterocycles. The molecule has 0 aliphatic heterocycles. The molecule has 0 aliphatic rings. The number of carbonyl (C=O) groups excluding carboxylic acids is 2. The first-order valence-electron chi connectivity index (χ1n) is 12.6. The zero-order valence-corrected chi connectivity index (χ0v) is 24.4. The van der Waals surface area contributed by atoms with Crippen molar-refractivity contribution in [1.29, 1.82) is 5.41 Å². The predicted octanol–water partition coefficient (Wildman–Crippen LogP) is 5.67. The number of nitrogens with two attached hydrogens (primary N) is 1. The van der Waals surface area contributed by atoms with E-state index in [0.717, 1.165) is 39.1 Å². The number of aliphatic imine (C=N–C) groups is 1. The summed E-state index contributed by atoms with van der Waals surface area (Å²) in [5.41, 5.74) is 7.39. The second kappa shape index (κ2) is 15.7. The van der Waals surface area contributed by atoms with Crippen molar-refractivity contribution in [3.63, 3.8) is 0 Å². The molecule has 4 aromatic rings. The number of aromatic nitrogens is 2. The Morgan fingerprint density at radius 1 is 1.12 bits per heavy atom. The van der Waals surface area contributed by atoms with Crippen LogP contribution in [0.4, 0.5) is 5.13 Å². The Labute approximate surface area is 249 Å². The van der Waals surface area contributed by atoms with Crippen LogP contribution in [0.25, 0.3) is 11.0 Å². The van der Waals surface area contributed by atoms with Gasteiger partial charge < -0.3 is 20.2 Å². The number of ether oxygens (including phenoxy) is 1. The van der Waals surface area contributed by atoms with Gasteiger partial charge in [-0.2, -0.15) is 16.8 Å². The number of amidine groups is 1. The van der Waals surface area contributed by atoms with Gasteiger partial charge in [0.1, 0.15) is 16.3 Å². The number of fused-ring (bicyclic) bond motifs is 1. The average Bonchev–Trinajstić information content (AvgIpc) is 3.58. The molecule has 0 aliphatic carbocycles. The lowest BCUT2D eigenvalue weighted by molar-refractivity contribution is -0.117. The standard InChI is InChI=1S/C28H28N6O4S3/c29-23(40-27(30)31-24(35)11-6-14-37-20-7-2-1-3-8-20)12-15-39-16-13-26-33-34-28(41-26)32-25(36)17-19-18-38-22-10-5-4-9-21(19)22/h1-10,14,18,29H,11-13,15-17H2,(H2,30,31,35)(H,32,34,36). The van der Waals surface area contributed by atoms with Crippen molar-refractivity contribution in [2.24, 2.45) is 10.7 Å². The normalized spacial score (nSPS) is 11.7. The number of hydrogen-bond acceptors (Lipinski definition) is 10. The van der Waals surface area contributed by atoms with Crippen LogP contribution in [0.5, 0.6) is 5.75 Å². The number of nitrogens with one attached hydrogen (secondary N) is 2. The van der Waals surface area contributed by atoms with Crippen LogP contribution >= 0.6 is 34.9 Å². The van der Waals surface area contributed by atoms with Gasteiger partial charge in [0.25, 0.3) is 5.91 Å². The first-order chi connectivity index (χ1) is 20.0. The zero-order chi connectivity index (χ0) is 28.9. The molecule has 0 radical (unpaired) electrons. The monoisotopic (exact) mass is 608 g/mol. The third-order valence-electron chi connectivity index (χ3n) is 5.36. The minimum absolute atomic E-state index is 0.0479. The molecule has 2 aromatic heterocycles. The molecule has 212 valence electrons. The van der Waals surface area contributed by atoms with Gasteiger partial charge in [0, 0.05) is 23.8 Å². The topological polar surface area (TPSA) is 157 Å². The molecule has 13 heteroatoms. The molecule has 2 amide bonds. The maximum Gasteiger partial charge on any atom is 0.251 e. The Balaban J connectivity index is 1.08. The molecular weight excluding hydrogens is 581 g/mol. The summed E-state index contributed by atoms with van der Waals surface area (Å²) in [5, 5.41) is 21.7. The number of para-hydroxylation sites is 2. The van der Waals surface area contributed by atoms with E-state index >= 15 is 0 Å². The van der Waals surface area contributed by atoms with E-state index in [9.17, 15) is 9.59 Å². The highest BCUT2D eigenvalue weighted by Crippen LogP contribution is 2.22. The van der Waals surface area contributed by atoms with E-state index < -0.39 is 5.91 Å². The van der Waals surface area contributed by atoms with Crippen LogP contribution in [0.1, 0.15) is 23.4 Å². The molecular formula is C28H28N6O4S3. The highest BCUT2D eigenvalue weighted by molar-refractivity contribution is 8.26. The Bertz CT molecular complexity index is 1530. The number of aryl methyl sites for hydroxylation is 1. The van der Waals surface area contributed by atoms with Gasteiger partial charge in [-0.1, -0.05) is 47.7 Å². The summed E-state index contributed by atoms with van der Waals surface area (Å²) in [6.07, 6.45) is 6.06. The smallest absolute Gasteiger partial charge is 0.251 e. The molecule has 0 fully saturated rings. The van der Waals surface area contributed by atoms with E-state index in [1.165, 1.54) is 17.6 Å². The number of thioether (sulfide) groups is 2. The number of nitrogens with zero attached hydrogens (tertiary/aromatic N) is 3. The summed E-state index contributed by atoms with van der Waals surface area (Å²) in [7, 11) is 0. The van der Waals surface area contributed by atoms with Crippen LogP contribution in [0, 0.1) is 5.41 Å². The van der Waals surface area contributed by atoms with Crippen LogP contribution in [-0.2, 0) is 22.4 Å².